The SMILES string of the molecule is Cc1cc(P)c(O)c(-n2c3ccccc3c3ccccc32)c1. The number of benzene rings is 3. The van der Waals surface area contributed by atoms with Crippen LogP contribution >= 0.6 is 9.24 Å². The molecule has 0 aliphatic carbocycles. The predicted octanol–water partition coefficient (Wildman–Crippen LogP) is 4.30. The Balaban J connectivity index is 2.23. The van der Waals surface area contributed by atoms with Gasteiger partial charge in [0.05, 0.1) is 16.7 Å². The summed E-state index contributed by atoms with van der Waals surface area (Å²) in [5.74, 6) is 0.308. The molecule has 0 aliphatic rings. The van der Waals surface area contributed by atoms with Gasteiger partial charge in [-0.15, -0.1) is 9.24 Å². The van der Waals surface area contributed by atoms with Gasteiger partial charge in [-0.3, -0.25) is 0 Å². The summed E-state index contributed by atoms with van der Waals surface area (Å²) in [6.45, 7) is 2.05. The predicted molar refractivity (Wildman–Crippen MR) is 96.5 cm³/mol. The number of hydrogen-bond acceptors (Lipinski definition) is 1. The smallest absolute Gasteiger partial charge is 0.146 e. The fourth-order valence-electron chi connectivity index (χ4n) is 3.14. The van der Waals surface area contributed by atoms with E-state index in [0.29, 0.717) is 5.75 Å². The fourth-order valence-corrected chi connectivity index (χ4v) is 3.55. The van der Waals surface area contributed by atoms with Gasteiger partial charge < -0.3 is 9.67 Å². The Kier molecular flexibility index (Phi) is 2.95. The number of aromatic hydroxyl groups is 1. The van der Waals surface area contributed by atoms with E-state index in [2.05, 4.69) is 50.2 Å². The number of phenolic OH excluding ortho intramolecular Hbond substituents is 1. The van der Waals surface area contributed by atoms with Gasteiger partial charge in [-0.05, 0) is 36.8 Å². The molecule has 0 spiro atoms. The van der Waals surface area contributed by atoms with Crippen LogP contribution in [-0.2, 0) is 0 Å². The average Bonchev–Trinajstić information content (AvgIpc) is 2.85. The van der Waals surface area contributed by atoms with Gasteiger partial charge in [0.15, 0.2) is 0 Å². The molecule has 1 unspecified atom stereocenters. The molecule has 0 aliphatic heterocycles. The first kappa shape index (κ1) is 13.4. The van der Waals surface area contributed by atoms with E-state index in [4.69, 9.17) is 0 Å². The number of fused-ring (bicyclic) bond motifs is 3. The molecule has 2 nitrogen and oxygen atoms in total. The molecule has 4 aromatic rings. The summed E-state index contributed by atoms with van der Waals surface area (Å²) in [6.07, 6.45) is 0. The highest BCUT2D eigenvalue weighted by Gasteiger charge is 2.15. The maximum absolute atomic E-state index is 10.6. The third kappa shape index (κ3) is 1.84. The van der Waals surface area contributed by atoms with Gasteiger partial charge >= 0.3 is 0 Å². The lowest BCUT2D eigenvalue weighted by Crippen LogP contribution is -2.02. The van der Waals surface area contributed by atoms with Crippen LogP contribution in [0.1, 0.15) is 5.56 Å². The van der Waals surface area contributed by atoms with E-state index in [1.165, 1.54) is 10.8 Å². The molecular formula is C19H16NOP. The van der Waals surface area contributed by atoms with Crippen LogP contribution in [-0.4, -0.2) is 9.67 Å². The first-order valence-electron chi connectivity index (χ1n) is 7.24. The number of aryl methyl sites for hydroxylation is 1. The van der Waals surface area contributed by atoms with E-state index in [-0.39, 0.29) is 0 Å². The molecule has 1 atom stereocenters. The van der Waals surface area contributed by atoms with Crippen LogP contribution in [0.4, 0.5) is 0 Å². The van der Waals surface area contributed by atoms with Crippen LogP contribution in [0.2, 0.25) is 0 Å². The van der Waals surface area contributed by atoms with Crippen LogP contribution in [0.5, 0.6) is 5.75 Å². The Hall–Kier alpha value is -2.31. The van der Waals surface area contributed by atoms with Crippen molar-refractivity contribution in [2.75, 3.05) is 0 Å². The summed E-state index contributed by atoms with van der Waals surface area (Å²) in [4.78, 5) is 0. The monoisotopic (exact) mass is 305 g/mol. The van der Waals surface area contributed by atoms with Gasteiger partial charge in [0, 0.05) is 16.1 Å². The number of aromatic nitrogens is 1. The number of para-hydroxylation sites is 2. The van der Waals surface area contributed by atoms with Crippen LogP contribution in [0.15, 0.2) is 60.7 Å². The highest BCUT2D eigenvalue weighted by molar-refractivity contribution is 7.27. The van der Waals surface area contributed by atoms with E-state index in [1.54, 1.807) is 0 Å². The second-order valence-corrected chi connectivity index (χ2v) is 6.21. The quantitative estimate of drug-likeness (QED) is 0.521. The maximum Gasteiger partial charge on any atom is 0.146 e. The normalized spacial score (nSPS) is 11.4. The zero-order valence-corrected chi connectivity index (χ0v) is 13.4. The summed E-state index contributed by atoms with van der Waals surface area (Å²) in [6, 6.07) is 20.6. The molecule has 1 aromatic heterocycles. The fraction of sp³-hybridized carbons (Fsp3) is 0.0526. The van der Waals surface area contributed by atoms with Crippen LogP contribution in [0.25, 0.3) is 27.5 Å². The van der Waals surface area contributed by atoms with Crippen molar-refractivity contribution in [3.63, 3.8) is 0 Å². The molecule has 108 valence electrons. The summed E-state index contributed by atoms with van der Waals surface area (Å²) >= 11 is 0. The highest BCUT2D eigenvalue weighted by Crippen LogP contribution is 2.34. The summed E-state index contributed by atoms with van der Waals surface area (Å²) in [5, 5.41) is 13.8. The lowest BCUT2D eigenvalue weighted by Gasteiger charge is -2.12. The minimum atomic E-state index is 0.308. The van der Waals surface area contributed by atoms with Crippen molar-refractivity contribution < 1.29 is 5.11 Å². The van der Waals surface area contributed by atoms with Crippen molar-refractivity contribution in [1.82, 2.24) is 4.57 Å². The van der Waals surface area contributed by atoms with Gasteiger partial charge in [0.25, 0.3) is 0 Å². The molecule has 1 heterocycles. The standard InChI is InChI=1S/C19H16NOP/c1-12-10-17(19(21)18(22)11-12)20-15-8-4-2-6-13(15)14-7-3-5-9-16(14)20/h2-11,21H,22H2,1H3. The topological polar surface area (TPSA) is 25.2 Å². The van der Waals surface area contributed by atoms with Gasteiger partial charge in [0.2, 0.25) is 0 Å². The van der Waals surface area contributed by atoms with Crippen LogP contribution in [0, 0.1) is 6.92 Å². The Bertz CT molecular complexity index is 963. The molecule has 22 heavy (non-hydrogen) atoms. The van der Waals surface area contributed by atoms with E-state index >= 15 is 0 Å². The summed E-state index contributed by atoms with van der Waals surface area (Å²) in [5.41, 5.74) is 4.16. The second-order valence-electron chi connectivity index (χ2n) is 5.59. The number of rotatable bonds is 1. The van der Waals surface area contributed by atoms with Crippen LogP contribution < -0.4 is 5.30 Å². The molecular weight excluding hydrogens is 289 g/mol. The first-order valence-corrected chi connectivity index (χ1v) is 7.82. The zero-order chi connectivity index (χ0) is 15.3. The molecule has 0 amide bonds. The van der Waals surface area contributed by atoms with Gasteiger partial charge in [-0.2, -0.15) is 0 Å². The summed E-state index contributed by atoms with van der Waals surface area (Å²) < 4.78 is 2.14. The van der Waals surface area contributed by atoms with Crippen molar-refractivity contribution in [3.05, 3.63) is 66.2 Å². The molecule has 3 aromatic carbocycles. The Morgan fingerprint density at radius 2 is 1.41 bits per heavy atom. The van der Waals surface area contributed by atoms with Crippen molar-refractivity contribution in [3.8, 4) is 11.4 Å². The Morgan fingerprint density at radius 1 is 0.864 bits per heavy atom. The summed E-state index contributed by atoms with van der Waals surface area (Å²) in [7, 11) is 2.61. The number of hydrogen-bond donors (Lipinski definition) is 1. The van der Waals surface area contributed by atoms with Crippen molar-refractivity contribution in [2.45, 2.75) is 6.92 Å². The maximum atomic E-state index is 10.6. The molecule has 0 saturated heterocycles. The molecule has 1 N–H and O–H groups in total. The Labute approximate surface area is 131 Å². The largest absolute Gasteiger partial charge is 0.505 e. The third-order valence-corrected chi connectivity index (χ3v) is 4.52. The second kappa shape index (κ2) is 4.86. The average molecular weight is 305 g/mol. The van der Waals surface area contributed by atoms with Gasteiger partial charge in [-0.1, -0.05) is 36.4 Å². The van der Waals surface area contributed by atoms with E-state index < -0.39 is 0 Å². The van der Waals surface area contributed by atoms with Crippen molar-refractivity contribution >= 4 is 36.4 Å². The third-order valence-electron chi connectivity index (χ3n) is 4.08. The number of nitrogens with zero attached hydrogens (tertiary/aromatic N) is 1. The van der Waals surface area contributed by atoms with E-state index in [9.17, 15) is 5.11 Å². The first-order chi connectivity index (χ1) is 10.7. The van der Waals surface area contributed by atoms with Crippen molar-refractivity contribution in [1.29, 1.82) is 0 Å². The van der Waals surface area contributed by atoms with E-state index in [1.807, 2.05) is 31.2 Å². The molecule has 3 heteroatoms. The van der Waals surface area contributed by atoms with Gasteiger partial charge in [0.1, 0.15) is 5.75 Å². The lowest BCUT2D eigenvalue weighted by atomic mass is 10.2. The molecule has 0 bridgehead atoms. The minimum Gasteiger partial charge on any atom is -0.505 e. The zero-order valence-electron chi connectivity index (χ0n) is 12.2. The molecule has 0 saturated carbocycles. The molecule has 0 fully saturated rings. The van der Waals surface area contributed by atoms with Crippen molar-refractivity contribution in [2.24, 2.45) is 0 Å². The van der Waals surface area contributed by atoms with Gasteiger partial charge in [-0.25, -0.2) is 0 Å². The van der Waals surface area contributed by atoms with E-state index in [0.717, 1.165) is 27.6 Å². The highest BCUT2D eigenvalue weighted by atomic mass is 31.0. The Morgan fingerprint density at radius 3 is 2.00 bits per heavy atom. The number of phenols is 1. The molecule has 0 radical (unpaired) electrons. The minimum absolute atomic E-state index is 0.308. The van der Waals surface area contributed by atoms with Crippen LogP contribution in [0.3, 0.4) is 0 Å². The molecule has 4 rings (SSSR count). The lowest BCUT2D eigenvalue weighted by molar-refractivity contribution is 0.477.